The van der Waals surface area contributed by atoms with Crippen LogP contribution in [0.2, 0.25) is 0 Å². The van der Waals surface area contributed by atoms with Crippen molar-refractivity contribution in [3.8, 4) is 0 Å². The van der Waals surface area contributed by atoms with Gasteiger partial charge in [-0.15, -0.1) is 0 Å². The van der Waals surface area contributed by atoms with Crippen LogP contribution in [0.5, 0.6) is 0 Å². The highest BCUT2D eigenvalue weighted by Gasteiger charge is 2.34. The fraction of sp³-hybridized carbons (Fsp3) is 0.467. The fourth-order valence-electron chi connectivity index (χ4n) is 2.50. The van der Waals surface area contributed by atoms with Gasteiger partial charge in [-0.05, 0) is 29.7 Å². The van der Waals surface area contributed by atoms with Gasteiger partial charge < -0.3 is 9.15 Å². The minimum Gasteiger partial charge on any atom is -0.459 e. The average Bonchev–Trinajstić information content (AvgIpc) is 2.76. The molecule has 2 aromatic rings. The summed E-state index contributed by atoms with van der Waals surface area (Å²) in [7, 11) is 1.64. The van der Waals surface area contributed by atoms with Gasteiger partial charge in [0.25, 0.3) is 0 Å². The number of fused-ring (bicyclic) bond motifs is 1. The SMILES string of the molecule is COC(C(NN)c1cc2cc(F)ccc2o1)C(C)(C)C. The largest absolute Gasteiger partial charge is 0.459 e. The number of methoxy groups -OCH3 is 1. The summed E-state index contributed by atoms with van der Waals surface area (Å²) in [5, 5.41) is 0.712. The molecular formula is C15H21FN2O2. The lowest BCUT2D eigenvalue weighted by Gasteiger charge is -2.34. The van der Waals surface area contributed by atoms with Crippen LogP contribution in [0.4, 0.5) is 4.39 Å². The van der Waals surface area contributed by atoms with Gasteiger partial charge in [0.05, 0.1) is 6.10 Å². The number of hydrogen-bond donors (Lipinski definition) is 2. The molecule has 110 valence electrons. The van der Waals surface area contributed by atoms with Crippen molar-refractivity contribution >= 4 is 11.0 Å². The summed E-state index contributed by atoms with van der Waals surface area (Å²) >= 11 is 0. The van der Waals surface area contributed by atoms with Crippen molar-refractivity contribution in [1.29, 1.82) is 0 Å². The molecule has 0 bridgehead atoms. The van der Waals surface area contributed by atoms with Crippen LogP contribution in [-0.4, -0.2) is 13.2 Å². The van der Waals surface area contributed by atoms with Crippen LogP contribution in [-0.2, 0) is 4.74 Å². The van der Waals surface area contributed by atoms with Crippen molar-refractivity contribution in [3.05, 3.63) is 35.8 Å². The molecule has 0 aliphatic carbocycles. The number of rotatable bonds is 4. The van der Waals surface area contributed by atoms with E-state index in [-0.39, 0.29) is 23.4 Å². The normalized spacial score (nSPS) is 15.5. The number of halogens is 1. The Labute approximate surface area is 118 Å². The molecule has 0 radical (unpaired) electrons. The molecule has 1 heterocycles. The third kappa shape index (κ3) is 2.85. The molecule has 3 N–H and O–H groups in total. The van der Waals surface area contributed by atoms with E-state index in [1.165, 1.54) is 12.1 Å². The van der Waals surface area contributed by atoms with Crippen LogP contribution in [0.1, 0.15) is 32.6 Å². The molecule has 0 aliphatic heterocycles. The fourth-order valence-corrected chi connectivity index (χ4v) is 2.50. The van der Waals surface area contributed by atoms with Gasteiger partial charge in [0.2, 0.25) is 0 Å². The monoisotopic (exact) mass is 280 g/mol. The summed E-state index contributed by atoms with van der Waals surface area (Å²) in [5.74, 6) is 6.01. The molecule has 0 aliphatic rings. The Balaban J connectivity index is 2.43. The van der Waals surface area contributed by atoms with Gasteiger partial charge in [0, 0.05) is 12.5 Å². The first kappa shape index (κ1) is 15.0. The predicted molar refractivity (Wildman–Crippen MR) is 76.5 cm³/mol. The average molecular weight is 280 g/mol. The minimum atomic E-state index is -0.310. The van der Waals surface area contributed by atoms with Crippen LogP contribution in [0.15, 0.2) is 28.7 Å². The van der Waals surface area contributed by atoms with Crippen molar-refractivity contribution < 1.29 is 13.5 Å². The Kier molecular flexibility index (Phi) is 4.13. The zero-order valence-electron chi connectivity index (χ0n) is 12.2. The second kappa shape index (κ2) is 5.52. The molecule has 5 heteroatoms. The topological polar surface area (TPSA) is 60.4 Å². The third-order valence-corrected chi connectivity index (χ3v) is 3.39. The number of furan rings is 1. The van der Waals surface area contributed by atoms with Crippen molar-refractivity contribution in [3.63, 3.8) is 0 Å². The zero-order valence-corrected chi connectivity index (χ0v) is 12.2. The van der Waals surface area contributed by atoms with Crippen molar-refractivity contribution in [2.45, 2.75) is 32.9 Å². The second-order valence-electron chi connectivity index (χ2n) is 6.00. The Morgan fingerprint density at radius 1 is 1.30 bits per heavy atom. The van der Waals surface area contributed by atoms with E-state index in [0.717, 1.165) is 0 Å². The van der Waals surface area contributed by atoms with Crippen molar-refractivity contribution in [2.75, 3.05) is 7.11 Å². The molecule has 2 unspecified atom stereocenters. The highest BCUT2D eigenvalue weighted by Crippen LogP contribution is 2.34. The number of nitrogens with one attached hydrogen (secondary N) is 1. The predicted octanol–water partition coefficient (Wildman–Crippen LogP) is 3.14. The maximum Gasteiger partial charge on any atom is 0.134 e. The highest BCUT2D eigenvalue weighted by molar-refractivity contribution is 5.78. The molecule has 2 rings (SSSR count). The lowest BCUT2D eigenvalue weighted by molar-refractivity contribution is -0.0167. The van der Waals surface area contributed by atoms with Gasteiger partial charge in [-0.25, -0.2) is 9.82 Å². The molecule has 0 spiro atoms. The van der Waals surface area contributed by atoms with E-state index in [0.29, 0.717) is 16.7 Å². The first-order valence-corrected chi connectivity index (χ1v) is 6.54. The highest BCUT2D eigenvalue weighted by atomic mass is 19.1. The maximum absolute atomic E-state index is 13.2. The summed E-state index contributed by atoms with van der Waals surface area (Å²) in [6, 6.07) is 5.91. The van der Waals surface area contributed by atoms with E-state index in [1.54, 1.807) is 19.2 Å². The summed E-state index contributed by atoms with van der Waals surface area (Å²) in [4.78, 5) is 0. The van der Waals surface area contributed by atoms with Gasteiger partial charge in [-0.1, -0.05) is 20.8 Å². The molecule has 0 saturated heterocycles. The quantitative estimate of drug-likeness (QED) is 0.667. The summed E-state index contributed by atoms with van der Waals surface area (Å²) < 4.78 is 24.6. The first-order chi connectivity index (χ1) is 9.36. The molecular weight excluding hydrogens is 259 g/mol. The summed E-state index contributed by atoms with van der Waals surface area (Å²) in [6.45, 7) is 6.19. The number of benzene rings is 1. The van der Waals surface area contributed by atoms with E-state index >= 15 is 0 Å². The molecule has 1 aromatic heterocycles. The second-order valence-corrected chi connectivity index (χ2v) is 6.00. The number of nitrogens with two attached hydrogens (primary N) is 1. The van der Waals surface area contributed by atoms with Crippen LogP contribution >= 0.6 is 0 Å². The van der Waals surface area contributed by atoms with E-state index in [2.05, 4.69) is 26.2 Å². The minimum absolute atomic E-state index is 0.129. The summed E-state index contributed by atoms with van der Waals surface area (Å²) in [5.41, 5.74) is 3.24. The Hall–Kier alpha value is -1.43. The van der Waals surface area contributed by atoms with Crippen LogP contribution in [0.25, 0.3) is 11.0 Å². The van der Waals surface area contributed by atoms with Gasteiger partial charge in [-0.2, -0.15) is 0 Å². The van der Waals surface area contributed by atoms with E-state index < -0.39 is 0 Å². The van der Waals surface area contributed by atoms with Gasteiger partial charge in [0.15, 0.2) is 0 Å². The van der Waals surface area contributed by atoms with Gasteiger partial charge in [-0.3, -0.25) is 5.84 Å². The van der Waals surface area contributed by atoms with Crippen LogP contribution in [0, 0.1) is 11.2 Å². The Morgan fingerprint density at radius 3 is 2.55 bits per heavy atom. The molecule has 0 fully saturated rings. The molecule has 1 aromatic carbocycles. The lowest BCUT2D eigenvalue weighted by atomic mass is 9.84. The third-order valence-electron chi connectivity index (χ3n) is 3.39. The van der Waals surface area contributed by atoms with E-state index in [9.17, 15) is 4.39 Å². The molecule has 0 amide bonds. The Bertz CT molecular complexity index is 589. The van der Waals surface area contributed by atoms with Crippen LogP contribution < -0.4 is 11.3 Å². The number of hydrogen-bond acceptors (Lipinski definition) is 4. The zero-order chi connectivity index (χ0) is 14.9. The van der Waals surface area contributed by atoms with Gasteiger partial charge >= 0.3 is 0 Å². The number of ether oxygens (including phenoxy) is 1. The maximum atomic E-state index is 13.2. The molecule has 2 atom stereocenters. The van der Waals surface area contributed by atoms with Crippen molar-refractivity contribution in [1.82, 2.24) is 5.43 Å². The molecule has 20 heavy (non-hydrogen) atoms. The first-order valence-electron chi connectivity index (χ1n) is 6.54. The van der Waals surface area contributed by atoms with Crippen molar-refractivity contribution in [2.24, 2.45) is 11.3 Å². The standard InChI is InChI=1S/C15H21FN2O2/c1-15(2,3)14(19-4)13(18-17)12-8-9-7-10(16)5-6-11(9)20-12/h5-8,13-14,18H,17H2,1-4H3. The smallest absolute Gasteiger partial charge is 0.134 e. The van der Waals surface area contributed by atoms with E-state index in [1.807, 2.05) is 0 Å². The van der Waals surface area contributed by atoms with Gasteiger partial charge in [0.1, 0.15) is 23.2 Å². The van der Waals surface area contributed by atoms with Crippen LogP contribution in [0.3, 0.4) is 0 Å². The number of hydrazine groups is 1. The lowest BCUT2D eigenvalue weighted by Crippen LogP contribution is -2.44. The molecule has 4 nitrogen and oxygen atoms in total. The Morgan fingerprint density at radius 2 is 2.00 bits per heavy atom. The molecule has 0 saturated carbocycles. The summed E-state index contributed by atoms with van der Waals surface area (Å²) in [6.07, 6.45) is -0.182. The van der Waals surface area contributed by atoms with E-state index in [4.69, 9.17) is 15.0 Å².